The fourth-order valence-corrected chi connectivity index (χ4v) is 2.05. The molecule has 27 heavy (non-hydrogen) atoms. The van der Waals surface area contributed by atoms with Crippen molar-refractivity contribution in [1.29, 1.82) is 0 Å². The van der Waals surface area contributed by atoms with Crippen molar-refractivity contribution in [2.75, 3.05) is 18.3 Å². The Balaban J connectivity index is 0.00000176. The minimum Gasteiger partial charge on any atom is -0.481 e. The molecule has 1 aromatic carbocycles. The van der Waals surface area contributed by atoms with Crippen LogP contribution >= 0.6 is 0 Å². The molecular formula is C21H27N5O. The average molecular weight is 365 g/mol. The van der Waals surface area contributed by atoms with E-state index >= 15 is 0 Å². The number of hydrogen-bond donors (Lipinski definition) is 2. The van der Waals surface area contributed by atoms with Crippen LogP contribution in [0.1, 0.15) is 32.2 Å². The third-order valence-corrected chi connectivity index (χ3v) is 3.33. The summed E-state index contributed by atoms with van der Waals surface area (Å²) < 4.78 is 5.23. The number of aromatic nitrogens is 2. The summed E-state index contributed by atoms with van der Waals surface area (Å²) in [5.74, 6) is 1.39. The van der Waals surface area contributed by atoms with Crippen molar-refractivity contribution in [1.82, 2.24) is 9.97 Å². The van der Waals surface area contributed by atoms with E-state index in [1.165, 1.54) is 0 Å². The SMILES string of the molecule is C=C/C=C(\C=C)c1nc(N/N=C(\C)c2cccc(N)c2)cc(OC)n1.CC. The number of hydrogen-bond acceptors (Lipinski definition) is 6. The van der Waals surface area contributed by atoms with Crippen molar-refractivity contribution in [2.24, 2.45) is 5.10 Å². The summed E-state index contributed by atoms with van der Waals surface area (Å²) in [5, 5.41) is 4.35. The third-order valence-electron chi connectivity index (χ3n) is 3.33. The lowest BCUT2D eigenvalue weighted by molar-refractivity contribution is 0.396. The molecule has 0 unspecified atom stereocenters. The van der Waals surface area contributed by atoms with E-state index in [2.05, 4.69) is 33.7 Å². The van der Waals surface area contributed by atoms with Crippen LogP contribution in [0, 0.1) is 0 Å². The molecule has 142 valence electrons. The highest BCUT2D eigenvalue weighted by Gasteiger charge is 2.07. The maximum atomic E-state index is 5.80. The van der Waals surface area contributed by atoms with Gasteiger partial charge in [0.2, 0.25) is 5.88 Å². The summed E-state index contributed by atoms with van der Waals surface area (Å²) in [5.41, 5.74) is 11.8. The second kappa shape index (κ2) is 11.3. The van der Waals surface area contributed by atoms with Gasteiger partial charge in [0, 0.05) is 17.3 Å². The Kier molecular flexibility index (Phi) is 9.02. The van der Waals surface area contributed by atoms with Crippen LogP contribution in [0.2, 0.25) is 0 Å². The summed E-state index contributed by atoms with van der Waals surface area (Å²) in [6.07, 6.45) is 5.07. The number of nitrogens with two attached hydrogens (primary N) is 1. The van der Waals surface area contributed by atoms with E-state index in [4.69, 9.17) is 10.5 Å². The normalized spacial score (nSPS) is 11.1. The maximum Gasteiger partial charge on any atom is 0.218 e. The van der Waals surface area contributed by atoms with Gasteiger partial charge in [0.15, 0.2) is 11.6 Å². The molecule has 0 aliphatic heterocycles. The first-order valence-electron chi connectivity index (χ1n) is 8.62. The zero-order valence-corrected chi connectivity index (χ0v) is 16.4. The largest absolute Gasteiger partial charge is 0.481 e. The van der Waals surface area contributed by atoms with Crippen LogP contribution in [0.25, 0.3) is 5.57 Å². The molecule has 0 radical (unpaired) electrons. The van der Waals surface area contributed by atoms with E-state index < -0.39 is 0 Å². The third kappa shape index (κ3) is 6.43. The van der Waals surface area contributed by atoms with Crippen molar-refractivity contribution < 1.29 is 4.74 Å². The first kappa shape index (κ1) is 21.6. The summed E-state index contributed by atoms with van der Waals surface area (Å²) in [4.78, 5) is 8.75. The van der Waals surface area contributed by atoms with E-state index in [0.29, 0.717) is 23.2 Å². The van der Waals surface area contributed by atoms with Gasteiger partial charge in [-0.2, -0.15) is 10.1 Å². The van der Waals surface area contributed by atoms with E-state index in [0.717, 1.165) is 16.8 Å². The van der Waals surface area contributed by atoms with Gasteiger partial charge in [-0.15, -0.1) is 0 Å². The molecular weight excluding hydrogens is 338 g/mol. The van der Waals surface area contributed by atoms with Gasteiger partial charge in [0.25, 0.3) is 0 Å². The van der Waals surface area contributed by atoms with Crippen molar-refractivity contribution in [3.63, 3.8) is 0 Å². The molecule has 2 aromatic rings. The van der Waals surface area contributed by atoms with Crippen molar-refractivity contribution in [3.05, 3.63) is 73.1 Å². The lowest BCUT2D eigenvalue weighted by Gasteiger charge is -2.08. The fraction of sp³-hybridized carbons (Fsp3) is 0.190. The second-order valence-electron chi connectivity index (χ2n) is 5.12. The average Bonchev–Trinajstić information content (AvgIpc) is 2.71. The van der Waals surface area contributed by atoms with Crippen LogP contribution in [0.5, 0.6) is 5.88 Å². The molecule has 1 aromatic heterocycles. The Bertz CT molecular complexity index is 840. The van der Waals surface area contributed by atoms with Crippen molar-refractivity contribution >= 4 is 22.8 Å². The van der Waals surface area contributed by atoms with Crippen molar-refractivity contribution in [3.8, 4) is 5.88 Å². The quantitative estimate of drug-likeness (QED) is 0.322. The summed E-state index contributed by atoms with van der Waals surface area (Å²) in [6, 6.07) is 9.16. The predicted octanol–water partition coefficient (Wildman–Crippen LogP) is 4.69. The lowest BCUT2D eigenvalue weighted by Crippen LogP contribution is -2.04. The molecule has 6 nitrogen and oxygen atoms in total. The van der Waals surface area contributed by atoms with Gasteiger partial charge >= 0.3 is 0 Å². The number of ether oxygens (including phenoxy) is 1. The molecule has 0 bridgehead atoms. The Labute approximate surface area is 161 Å². The number of nitrogens with zero attached hydrogens (tertiary/aromatic N) is 3. The van der Waals surface area contributed by atoms with Crippen LogP contribution in [0.15, 0.2) is 66.8 Å². The van der Waals surface area contributed by atoms with Gasteiger partial charge < -0.3 is 10.5 Å². The number of methoxy groups -OCH3 is 1. The number of allylic oxidation sites excluding steroid dienone is 4. The van der Waals surface area contributed by atoms with Crippen LogP contribution in [-0.2, 0) is 0 Å². The molecule has 0 aliphatic rings. The molecule has 0 fully saturated rings. The highest BCUT2D eigenvalue weighted by molar-refractivity contribution is 5.99. The number of nitrogen functional groups attached to an aromatic ring is 1. The molecule has 0 saturated heterocycles. The van der Waals surface area contributed by atoms with Crippen LogP contribution < -0.4 is 15.9 Å². The molecule has 1 heterocycles. The van der Waals surface area contributed by atoms with E-state index in [9.17, 15) is 0 Å². The van der Waals surface area contributed by atoms with E-state index in [1.807, 2.05) is 45.0 Å². The number of anilines is 2. The molecule has 0 aliphatic carbocycles. The molecule has 3 N–H and O–H groups in total. The summed E-state index contributed by atoms with van der Waals surface area (Å²) >= 11 is 0. The lowest BCUT2D eigenvalue weighted by atomic mass is 10.1. The minimum absolute atomic E-state index is 0.418. The van der Waals surface area contributed by atoms with Gasteiger partial charge in [-0.25, -0.2) is 4.98 Å². The first-order valence-corrected chi connectivity index (χ1v) is 8.62. The zero-order chi connectivity index (χ0) is 20.2. The van der Waals surface area contributed by atoms with Gasteiger partial charge in [-0.1, -0.05) is 57.4 Å². The first-order chi connectivity index (χ1) is 13.1. The molecule has 0 atom stereocenters. The minimum atomic E-state index is 0.418. The Hall–Kier alpha value is -3.41. The van der Waals surface area contributed by atoms with E-state index in [1.54, 1.807) is 31.4 Å². The standard InChI is InChI=1S/C19H21N5O.C2H6/c1-5-8-14(6-2)19-21-17(12-18(22-19)25-4)24-23-13(3)15-9-7-10-16(20)11-15;1-2/h5-12H,1-2,20H2,3-4H3,(H,21,22,24);1-2H3/b14-8+,23-13+;. The number of hydrazone groups is 1. The highest BCUT2D eigenvalue weighted by atomic mass is 16.5. The van der Waals surface area contributed by atoms with Gasteiger partial charge in [-0.3, -0.25) is 5.43 Å². The molecule has 0 amide bonds. The summed E-state index contributed by atoms with van der Waals surface area (Å²) in [7, 11) is 1.54. The fourth-order valence-electron chi connectivity index (χ4n) is 2.05. The van der Waals surface area contributed by atoms with Gasteiger partial charge in [-0.05, 0) is 24.6 Å². The second-order valence-corrected chi connectivity index (χ2v) is 5.12. The van der Waals surface area contributed by atoms with Crippen LogP contribution in [-0.4, -0.2) is 22.8 Å². The monoisotopic (exact) mass is 365 g/mol. The van der Waals surface area contributed by atoms with Crippen LogP contribution in [0.4, 0.5) is 11.5 Å². The molecule has 2 rings (SSSR count). The molecule has 0 saturated carbocycles. The smallest absolute Gasteiger partial charge is 0.218 e. The molecule has 0 spiro atoms. The molecule has 6 heteroatoms. The number of rotatable bonds is 7. The summed E-state index contributed by atoms with van der Waals surface area (Å²) in [6.45, 7) is 13.3. The number of nitrogens with one attached hydrogen (secondary N) is 1. The Morgan fingerprint density at radius 3 is 2.56 bits per heavy atom. The zero-order valence-electron chi connectivity index (χ0n) is 16.4. The predicted molar refractivity (Wildman–Crippen MR) is 115 cm³/mol. The Morgan fingerprint density at radius 1 is 1.22 bits per heavy atom. The van der Waals surface area contributed by atoms with E-state index in [-0.39, 0.29) is 0 Å². The number of benzene rings is 1. The van der Waals surface area contributed by atoms with Crippen LogP contribution in [0.3, 0.4) is 0 Å². The Morgan fingerprint density at radius 2 is 1.96 bits per heavy atom. The highest BCUT2D eigenvalue weighted by Crippen LogP contribution is 2.19. The van der Waals surface area contributed by atoms with Gasteiger partial charge in [0.05, 0.1) is 12.8 Å². The van der Waals surface area contributed by atoms with Gasteiger partial charge in [0.1, 0.15) is 0 Å². The maximum absolute atomic E-state index is 5.80. The van der Waals surface area contributed by atoms with Crippen molar-refractivity contribution in [2.45, 2.75) is 20.8 Å². The topological polar surface area (TPSA) is 85.4 Å².